The zero-order chi connectivity index (χ0) is 18.8. The summed E-state index contributed by atoms with van der Waals surface area (Å²) in [4.78, 5) is 21.6. The average Bonchev–Trinajstić information content (AvgIpc) is 3.19. The van der Waals surface area contributed by atoms with Crippen molar-refractivity contribution in [3.8, 4) is 11.5 Å². The molecule has 0 amide bonds. The Labute approximate surface area is 156 Å². The maximum Gasteiger partial charge on any atom is 0.272 e. The smallest absolute Gasteiger partial charge is 0.272 e. The van der Waals surface area contributed by atoms with E-state index in [9.17, 15) is 10.1 Å². The number of nitro groups is 1. The standard InChI is InChI=1S/C19H19N5O3/c1-13-12-15(5-6-17(13)24(25)26)23-10-7-14(8-11-23)19-21-18(22-27-19)16-4-2-3-9-20-16/h2-6,9,12,14H,7-8,10-11H2,1H3. The van der Waals surface area contributed by atoms with Crippen LogP contribution in [-0.2, 0) is 0 Å². The summed E-state index contributed by atoms with van der Waals surface area (Å²) in [7, 11) is 0. The van der Waals surface area contributed by atoms with Gasteiger partial charge < -0.3 is 9.42 Å². The molecule has 0 unspecified atom stereocenters. The SMILES string of the molecule is Cc1cc(N2CCC(c3nc(-c4ccccn4)no3)CC2)ccc1[N+](=O)[O-]. The Morgan fingerprint density at radius 2 is 2.04 bits per heavy atom. The number of piperidine rings is 1. The molecule has 138 valence electrons. The highest BCUT2D eigenvalue weighted by Crippen LogP contribution is 2.32. The molecule has 1 saturated heterocycles. The van der Waals surface area contributed by atoms with Gasteiger partial charge in [-0.25, -0.2) is 0 Å². The summed E-state index contributed by atoms with van der Waals surface area (Å²) in [6.07, 6.45) is 3.48. The lowest BCUT2D eigenvalue weighted by molar-refractivity contribution is -0.385. The Morgan fingerprint density at radius 3 is 2.70 bits per heavy atom. The highest BCUT2D eigenvalue weighted by atomic mass is 16.6. The van der Waals surface area contributed by atoms with Gasteiger partial charge in [-0.3, -0.25) is 15.1 Å². The van der Waals surface area contributed by atoms with E-state index in [1.54, 1.807) is 19.2 Å². The lowest BCUT2D eigenvalue weighted by atomic mass is 9.96. The molecule has 0 bridgehead atoms. The molecule has 1 aromatic carbocycles. The van der Waals surface area contributed by atoms with Crippen LogP contribution >= 0.6 is 0 Å². The molecular formula is C19H19N5O3. The number of rotatable bonds is 4. The van der Waals surface area contributed by atoms with Gasteiger partial charge in [-0.1, -0.05) is 11.2 Å². The third-order valence-corrected chi connectivity index (χ3v) is 4.92. The second kappa shape index (κ2) is 7.14. The summed E-state index contributed by atoms with van der Waals surface area (Å²) in [6, 6.07) is 10.9. The first-order chi connectivity index (χ1) is 13.1. The molecule has 3 heterocycles. The summed E-state index contributed by atoms with van der Waals surface area (Å²) in [5.41, 5.74) is 2.54. The lowest BCUT2D eigenvalue weighted by Crippen LogP contribution is -2.33. The first-order valence-corrected chi connectivity index (χ1v) is 8.87. The molecule has 4 rings (SSSR count). The molecule has 8 heteroatoms. The van der Waals surface area contributed by atoms with Gasteiger partial charge in [0.1, 0.15) is 5.69 Å². The van der Waals surface area contributed by atoms with E-state index >= 15 is 0 Å². The largest absolute Gasteiger partial charge is 0.371 e. The minimum atomic E-state index is -0.347. The van der Waals surface area contributed by atoms with Gasteiger partial charge in [0.15, 0.2) is 0 Å². The molecule has 1 fully saturated rings. The Balaban J connectivity index is 1.43. The number of pyridine rings is 1. The molecule has 27 heavy (non-hydrogen) atoms. The number of aryl methyl sites for hydroxylation is 1. The van der Waals surface area contributed by atoms with Crippen LogP contribution in [-0.4, -0.2) is 33.1 Å². The predicted molar refractivity (Wildman–Crippen MR) is 99.6 cm³/mol. The minimum absolute atomic E-state index is 0.154. The van der Waals surface area contributed by atoms with E-state index in [0.717, 1.165) is 31.6 Å². The van der Waals surface area contributed by atoms with Gasteiger partial charge >= 0.3 is 0 Å². The highest BCUT2D eigenvalue weighted by Gasteiger charge is 2.26. The molecule has 0 radical (unpaired) electrons. The van der Waals surface area contributed by atoms with Gasteiger partial charge in [0, 0.05) is 42.5 Å². The van der Waals surface area contributed by atoms with E-state index in [4.69, 9.17) is 4.52 Å². The van der Waals surface area contributed by atoms with Crippen LogP contribution in [0.3, 0.4) is 0 Å². The van der Waals surface area contributed by atoms with E-state index < -0.39 is 0 Å². The van der Waals surface area contributed by atoms with E-state index in [-0.39, 0.29) is 16.5 Å². The fraction of sp³-hybridized carbons (Fsp3) is 0.316. The third kappa shape index (κ3) is 3.51. The zero-order valence-corrected chi connectivity index (χ0v) is 14.9. The van der Waals surface area contributed by atoms with Crippen molar-refractivity contribution in [1.82, 2.24) is 15.1 Å². The van der Waals surface area contributed by atoms with Crippen molar-refractivity contribution in [2.24, 2.45) is 0 Å². The summed E-state index contributed by atoms with van der Waals surface area (Å²) < 4.78 is 5.47. The van der Waals surface area contributed by atoms with E-state index in [1.165, 1.54) is 0 Å². The summed E-state index contributed by atoms with van der Waals surface area (Å²) in [6.45, 7) is 3.44. The number of nitro benzene ring substituents is 1. The topological polar surface area (TPSA) is 98.2 Å². The van der Waals surface area contributed by atoms with Gasteiger partial charge in [0.25, 0.3) is 5.69 Å². The van der Waals surface area contributed by atoms with Gasteiger partial charge in [-0.05, 0) is 44.0 Å². The maximum atomic E-state index is 11.0. The molecule has 0 spiro atoms. The monoisotopic (exact) mass is 365 g/mol. The summed E-state index contributed by atoms with van der Waals surface area (Å²) in [5, 5.41) is 15.0. The van der Waals surface area contributed by atoms with Crippen molar-refractivity contribution >= 4 is 11.4 Å². The van der Waals surface area contributed by atoms with Crippen molar-refractivity contribution in [2.75, 3.05) is 18.0 Å². The van der Waals surface area contributed by atoms with Crippen molar-refractivity contribution in [3.05, 3.63) is 64.2 Å². The van der Waals surface area contributed by atoms with Crippen LogP contribution < -0.4 is 4.90 Å². The molecule has 0 N–H and O–H groups in total. The molecule has 0 atom stereocenters. The average molecular weight is 365 g/mol. The Morgan fingerprint density at radius 1 is 1.22 bits per heavy atom. The summed E-state index contributed by atoms with van der Waals surface area (Å²) >= 11 is 0. The first-order valence-electron chi connectivity index (χ1n) is 8.87. The number of anilines is 1. The normalized spacial score (nSPS) is 15.1. The first kappa shape index (κ1) is 17.1. The number of hydrogen-bond donors (Lipinski definition) is 0. The molecule has 0 saturated carbocycles. The number of benzene rings is 1. The van der Waals surface area contributed by atoms with Crippen LogP contribution in [0, 0.1) is 17.0 Å². The molecule has 3 aromatic rings. The molecule has 8 nitrogen and oxygen atoms in total. The molecule has 1 aliphatic heterocycles. The molecular weight excluding hydrogens is 346 g/mol. The predicted octanol–water partition coefficient (Wildman–Crippen LogP) is 3.73. The van der Waals surface area contributed by atoms with E-state index in [2.05, 4.69) is 20.0 Å². The Hall–Kier alpha value is -3.29. The van der Waals surface area contributed by atoms with E-state index in [0.29, 0.717) is 23.0 Å². The van der Waals surface area contributed by atoms with Crippen LogP contribution in [0.25, 0.3) is 11.5 Å². The lowest BCUT2D eigenvalue weighted by Gasteiger charge is -2.32. The number of hydrogen-bond acceptors (Lipinski definition) is 7. The van der Waals surface area contributed by atoms with Crippen LogP contribution in [0.5, 0.6) is 0 Å². The molecule has 2 aromatic heterocycles. The van der Waals surface area contributed by atoms with Crippen molar-refractivity contribution in [2.45, 2.75) is 25.7 Å². The number of nitrogens with zero attached hydrogens (tertiary/aromatic N) is 5. The quantitative estimate of drug-likeness (QED) is 0.513. The fourth-order valence-electron chi connectivity index (χ4n) is 3.43. The van der Waals surface area contributed by atoms with Crippen molar-refractivity contribution in [3.63, 3.8) is 0 Å². The van der Waals surface area contributed by atoms with Gasteiger partial charge in [0.2, 0.25) is 11.7 Å². The Bertz CT molecular complexity index is 949. The third-order valence-electron chi connectivity index (χ3n) is 4.92. The minimum Gasteiger partial charge on any atom is -0.371 e. The molecule has 0 aliphatic carbocycles. The molecule has 1 aliphatic rings. The second-order valence-electron chi connectivity index (χ2n) is 6.66. The van der Waals surface area contributed by atoms with Crippen LogP contribution in [0.4, 0.5) is 11.4 Å². The van der Waals surface area contributed by atoms with Crippen molar-refractivity contribution in [1.29, 1.82) is 0 Å². The summed E-state index contributed by atoms with van der Waals surface area (Å²) in [5.74, 6) is 1.37. The second-order valence-corrected chi connectivity index (χ2v) is 6.66. The van der Waals surface area contributed by atoms with Crippen LogP contribution in [0.1, 0.15) is 30.2 Å². The van der Waals surface area contributed by atoms with Gasteiger partial charge in [-0.2, -0.15) is 4.98 Å². The van der Waals surface area contributed by atoms with Crippen LogP contribution in [0.15, 0.2) is 47.1 Å². The fourth-order valence-corrected chi connectivity index (χ4v) is 3.43. The maximum absolute atomic E-state index is 11.0. The van der Waals surface area contributed by atoms with E-state index in [1.807, 2.05) is 30.3 Å². The van der Waals surface area contributed by atoms with Crippen molar-refractivity contribution < 1.29 is 9.45 Å². The van der Waals surface area contributed by atoms with Gasteiger partial charge in [0.05, 0.1) is 4.92 Å². The number of aromatic nitrogens is 3. The highest BCUT2D eigenvalue weighted by molar-refractivity contribution is 5.55. The van der Waals surface area contributed by atoms with Gasteiger partial charge in [-0.15, -0.1) is 0 Å². The Kier molecular flexibility index (Phi) is 4.53. The van der Waals surface area contributed by atoms with Crippen LogP contribution in [0.2, 0.25) is 0 Å². The zero-order valence-electron chi connectivity index (χ0n) is 14.9.